The number of Topliss-reactive ketones (excluding diaryl/α,β-unsaturated/α-hetero) is 2. The van der Waals surface area contributed by atoms with Crippen molar-refractivity contribution in [2.75, 3.05) is 19.0 Å². The van der Waals surface area contributed by atoms with E-state index in [9.17, 15) is 9.59 Å². The Morgan fingerprint density at radius 3 is 2.26 bits per heavy atom. The Morgan fingerprint density at radius 2 is 1.74 bits per heavy atom. The van der Waals surface area contributed by atoms with E-state index in [0.29, 0.717) is 10.4 Å². The summed E-state index contributed by atoms with van der Waals surface area (Å²) in [6.07, 6.45) is -0.0676. The zero-order valence-corrected chi connectivity index (χ0v) is 11.7. The fourth-order valence-electron chi connectivity index (χ4n) is 1.72. The molecule has 0 aliphatic heterocycles. The predicted molar refractivity (Wildman–Crippen MR) is 78.4 cm³/mol. The molecule has 0 aliphatic rings. The van der Waals surface area contributed by atoms with Gasteiger partial charge in [0.1, 0.15) is 0 Å². The molecule has 1 aromatic heterocycles. The summed E-state index contributed by atoms with van der Waals surface area (Å²) in [5.74, 6) is -0.250. The quantitative estimate of drug-likeness (QED) is 0.620. The van der Waals surface area contributed by atoms with Gasteiger partial charge in [-0.2, -0.15) is 0 Å². The van der Waals surface area contributed by atoms with Crippen LogP contribution in [0, 0.1) is 0 Å². The Labute approximate surface area is 116 Å². The molecule has 0 spiro atoms. The van der Waals surface area contributed by atoms with E-state index in [1.165, 1.54) is 11.3 Å². The molecule has 0 N–H and O–H groups in total. The molecular formula is C15H15NO2S. The van der Waals surface area contributed by atoms with Gasteiger partial charge in [0, 0.05) is 25.3 Å². The van der Waals surface area contributed by atoms with Gasteiger partial charge in [0.15, 0.2) is 11.6 Å². The zero-order chi connectivity index (χ0) is 13.8. The van der Waals surface area contributed by atoms with Crippen LogP contribution < -0.4 is 4.90 Å². The Morgan fingerprint density at radius 1 is 1.05 bits per heavy atom. The van der Waals surface area contributed by atoms with Gasteiger partial charge in [-0.3, -0.25) is 9.59 Å². The lowest BCUT2D eigenvalue weighted by Crippen LogP contribution is -2.10. The number of hydrogen-bond acceptors (Lipinski definition) is 4. The van der Waals surface area contributed by atoms with Gasteiger partial charge in [0.25, 0.3) is 0 Å². The SMILES string of the molecule is CN(C)c1ccc(C(=O)CC(=O)c2cccs2)cc1. The molecule has 0 amide bonds. The molecule has 2 aromatic rings. The third kappa shape index (κ3) is 3.29. The van der Waals surface area contributed by atoms with Crippen molar-refractivity contribution in [1.82, 2.24) is 0 Å². The molecule has 0 fully saturated rings. The average Bonchev–Trinajstić information content (AvgIpc) is 2.92. The van der Waals surface area contributed by atoms with Crippen molar-refractivity contribution < 1.29 is 9.59 Å². The van der Waals surface area contributed by atoms with Crippen LogP contribution in [0.15, 0.2) is 41.8 Å². The normalized spacial score (nSPS) is 10.2. The van der Waals surface area contributed by atoms with E-state index in [-0.39, 0.29) is 18.0 Å². The van der Waals surface area contributed by atoms with Crippen molar-refractivity contribution in [2.24, 2.45) is 0 Å². The maximum absolute atomic E-state index is 12.0. The van der Waals surface area contributed by atoms with Gasteiger partial charge < -0.3 is 4.90 Å². The first-order valence-electron chi connectivity index (χ1n) is 5.95. The first-order valence-corrected chi connectivity index (χ1v) is 6.83. The van der Waals surface area contributed by atoms with Crippen molar-refractivity contribution in [3.05, 3.63) is 52.2 Å². The summed E-state index contributed by atoms with van der Waals surface area (Å²) < 4.78 is 0. The molecule has 1 heterocycles. The fourth-order valence-corrected chi connectivity index (χ4v) is 2.38. The number of carbonyl (C=O) groups excluding carboxylic acids is 2. The molecule has 0 saturated heterocycles. The van der Waals surface area contributed by atoms with Crippen LogP contribution in [0.25, 0.3) is 0 Å². The number of benzene rings is 1. The maximum atomic E-state index is 12.0. The minimum absolute atomic E-state index is 0.0676. The van der Waals surface area contributed by atoms with E-state index in [2.05, 4.69) is 0 Å². The third-order valence-corrected chi connectivity index (χ3v) is 3.73. The summed E-state index contributed by atoms with van der Waals surface area (Å²) in [7, 11) is 3.88. The van der Waals surface area contributed by atoms with Gasteiger partial charge in [-0.05, 0) is 35.7 Å². The summed E-state index contributed by atoms with van der Waals surface area (Å²) in [5, 5.41) is 1.84. The first kappa shape index (κ1) is 13.5. The molecule has 3 nitrogen and oxygen atoms in total. The minimum Gasteiger partial charge on any atom is -0.378 e. The highest BCUT2D eigenvalue weighted by atomic mass is 32.1. The van der Waals surface area contributed by atoms with E-state index >= 15 is 0 Å². The highest BCUT2D eigenvalue weighted by Gasteiger charge is 2.14. The molecule has 0 radical (unpaired) electrons. The van der Waals surface area contributed by atoms with Crippen molar-refractivity contribution in [1.29, 1.82) is 0 Å². The van der Waals surface area contributed by atoms with Crippen LogP contribution in [0.5, 0.6) is 0 Å². The van der Waals surface area contributed by atoms with Gasteiger partial charge in [-0.15, -0.1) is 11.3 Å². The number of thiophene rings is 1. The Kier molecular flexibility index (Phi) is 4.12. The molecule has 0 unspecified atom stereocenters. The summed E-state index contributed by atoms with van der Waals surface area (Å²) in [4.78, 5) is 26.4. The lowest BCUT2D eigenvalue weighted by atomic mass is 10.0. The van der Waals surface area contributed by atoms with Crippen molar-refractivity contribution in [3.63, 3.8) is 0 Å². The van der Waals surface area contributed by atoms with E-state index in [1.54, 1.807) is 18.2 Å². The summed E-state index contributed by atoms with van der Waals surface area (Å²) >= 11 is 1.37. The molecule has 2 rings (SSSR count). The second-order valence-corrected chi connectivity index (χ2v) is 5.39. The van der Waals surface area contributed by atoms with Crippen LogP contribution >= 0.6 is 11.3 Å². The summed E-state index contributed by atoms with van der Waals surface area (Å²) in [5.41, 5.74) is 1.61. The second-order valence-electron chi connectivity index (χ2n) is 4.44. The predicted octanol–water partition coefficient (Wildman–Crippen LogP) is 3.27. The van der Waals surface area contributed by atoms with Gasteiger partial charge in [-0.1, -0.05) is 6.07 Å². The van der Waals surface area contributed by atoms with Crippen LogP contribution in [0.3, 0.4) is 0 Å². The average molecular weight is 273 g/mol. The van der Waals surface area contributed by atoms with Gasteiger partial charge >= 0.3 is 0 Å². The van der Waals surface area contributed by atoms with E-state index in [4.69, 9.17) is 0 Å². The Bertz CT molecular complexity index is 571. The third-order valence-electron chi connectivity index (χ3n) is 2.82. The van der Waals surface area contributed by atoms with E-state index < -0.39 is 0 Å². The highest BCUT2D eigenvalue weighted by molar-refractivity contribution is 7.12. The summed E-state index contributed by atoms with van der Waals surface area (Å²) in [6, 6.07) is 10.8. The Hall–Kier alpha value is -1.94. The number of carbonyl (C=O) groups is 2. The molecule has 0 aliphatic carbocycles. The molecular weight excluding hydrogens is 258 g/mol. The molecule has 0 bridgehead atoms. The lowest BCUT2D eigenvalue weighted by molar-refractivity contribution is 0.0896. The fraction of sp³-hybridized carbons (Fsp3) is 0.200. The largest absolute Gasteiger partial charge is 0.378 e. The number of hydrogen-bond donors (Lipinski definition) is 0. The molecule has 19 heavy (non-hydrogen) atoms. The van der Waals surface area contributed by atoms with Gasteiger partial charge in [-0.25, -0.2) is 0 Å². The van der Waals surface area contributed by atoms with Crippen LogP contribution in [-0.2, 0) is 0 Å². The van der Waals surface area contributed by atoms with Crippen LogP contribution in [0.2, 0.25) is 0 Å². The standard InChI is InChI=1S/C15H15NO2S/c1-16(2)12-7-5-11(6-8-12)13(17)10-14(18)15-4-3-9-19-15/h3-9H,10H2,1-2H3. The first-order chi connectivity index (χ1) is 9.08. The van der Waals surface area contributed by atoms with Crippen LogP contribution in [0.1, 0.15) is 26.5 Å². The second kappa shape index (κ2) is 5.80. The smallest absolute Gasteiger partial charge is 0.180 e. The minimum atomic E-state index is -0.135. The van der Waals surface area contributed by atoms with Crippen LogP contribution in [0.4, 0.5) is 5.69 Å². The number of nitrogens with zero attached hydrogens (tertiary/aromatic N) is 1. The van der Waals surface area contributed by atoms with Crippen molar-refractivity contribution in [2.45, 2.75) is 6.42 Å². The molecule has 0 saturated carbocycles. The van der Waals surface area contributed by atoms with E-state index in [1.807, 2.05) is 42.6 Å². The number of anilines is 1. The topological polar surface area (TPSA) is 37.4 Å². The summed E-state index contributed by atoms with van der Waals surface area (Å²) in [6.45, 7) is 0. The van der Waals surface area contributed by atoms with Crippen molar-refractivity contribution in [3.8, 4) is 0 Å². The molecule has 0 atom stereocenters. The lowest BCUT2D eigenvalue weighted by Gasteiger charge is -2.12. The molecule has 98 valence electrons. The highest BCUT2D eigenvalue weighted by Crippen LogP contribution is 2.16. The zero-order valence-electron chi connectivity index (χ0n) is 10.9. The van der Waals surface area contributed by atoms with Gasteiger partial charge in [0.2, 0.25) is 0 Å². The number of rotatable bonds is 5. The van der Waals surface area contributed by atoms with Crippen LogP contribution in [-0.4, -0.2) is 25.7 Å². The van der Waals surface area contributed by atoms with Crippen molar-refractivity contribution >= 4 is 28.6 Å². The van der Waals surface area contributed by atoms with Gasteiger partial charge in [0.05, 0.1) is 11.3 Å². The molecule has 1 aromatic carbocycles. The monoisotopic (exact) mass is 273 g/mol. The maximum Gasteiger partial charge on any atom is 0.180 e. The molecule has 4 heteroatoms. The number of ketones is 2. The Balaban J connectivity index is 2.06. The van der Waals surface area contributed by atoms with E-state index in [0.717, 1.165) is 5.69 Å².